The largest absolute Gasteiger partial charge is 0.442 e. The van der Waals surface area contributed by atoms with Gasteiger partial charge in [0.2, 0.25) is 5.91 Å². The average Bonchev–Trinajstić information content (AvgIpc) is 2.77. The second-order valence-corrected chi connectivity index (χ2v) is 5.53. The predicted molar refractivity (Wildman–Crippen MR) is 83.5 cm³/mol. The van der Waals surface area contributed by atoms with Crippen LogP contribution in [0.15, 0.2) is 18.2 Å². The second kappa shape index (κ2) is 6.15. The molecule has 0 unspecified atom stereocenters. The molecule has 2 aliphatic rings. The van der Waals surface area contributed by atoms with Crippen LogP contribution in [0.5, 0.6) is 0 Å². The molecule has 1 fully saturated rings. The number of ether oxygens (including phenoxy) is 1. The van der Waals surface area contributed by atoms with Crippen molar-refractivity contribution in [2.75, 3.05) is 29.9 Å². The van der Waals surface area contributed by atoms with Crippen molar-refractivity contribution in [1.29, 1.82) is 0 Å². The Morgan fingerprint density at radius 3 is 3.04 bits per heavy atom. The van der Waals surface area contributed by atoms with Gasteiger partial charge in [0.15, 0.2) is 0 Å². The van der Waals surface area contributed by atoms with Gasteiger partial charge in [-0.25, -0.2) is 9.59 Å². The van der Waals surface area contributed by atoms with Crippen molar-refractivity contribution in [3.8, 4) is 0 Å². The van der Waals surface area contributed by atoms with Gasteiger partial charge in [-0.2, -0.15) is 0 Å². The van der Waals surface area contributed by atoms with Gasteiger partial charge in [0.1, 0.15) is 6.10 Å². The van der Waals surface area contributed by atoms with E-state index in [1.54, 1.807) is 12.1 Å². The summed E-state index contributed by atoms with van der Waals surface area (Å²) in [6.07, 6.45) is -0.122. The first kappa shape index (κ1) is 15.1. The minimum Gasteiger partial charge on any atom is -0.442 e. The van der Waals surface area contributed by atoms with Crippen LogP contribution in [0.3, 0.4) is 0 Å². The Morgan fingerprint density at radius 1 is 1.43 bits per heavy atom. The molecule has 2 heterocycles. The molecule has 1 aromatic carbocycles. The van der Waals surface area contributed by atoms with Crippen molar-refractivity contribution >= 4 is 29.4 Å². The minimum absolute atomic E-state index is 0.159. The number of urea groups is 1. The van der Waals surface area contributed by atoms with E-state index >= 15 is 0 Å². The average molecular weight is 318 g/mol. The fourth-order valence-corrected chi connectivity index (χ4v) is 2.65. The summed E-state index contributed by atoms with van der Waals surface area (Å²) in [6, 6.07) is 5.20. The number of fused-ring (bicyclic) bond motifs is 1. The molecule has 8 nitrogen and oxygen atoms in total. The molecule has 4 amide bonds. The highest BCUT2D eigenvalue weighted by atomic mass is 16.6. The van der Waals surface area contributed by atoms with Crippen molar-refractivity contribution in [3.05, 3.63) is 23.8 Å². The van der Waals surface area contributed by atoms with E-state index in [2.05, 4.69) is 16.0 Å². The van der Waals surface area contributed by atoms with Crippen molar-refractivity contribution in [1.82, 2.24) is 10.6 Å². The van der Waals surface area contributed by atoms with E-state index in [-0.39, 0.29) is 18.0 Å². The van der Waals surface area contributed by atoms with Gasteiger partial charge in [0, 0.05) is 24.8 Å². The summed E-state index contributed by atoms with van der Waals surface area (Å²) < 4.78 is 5.25. The molecule has 122 valence electrons. The summed E-state index contributed by atoms with van der Waals surface area (Å²) in [4.78, 5) is 36.0. The number of carbonyl (C=O) groups is 3. The normalized spacial score (nSPS) is 20.0. The number of nitrogens with zero attached hydrogens (tertiary/aromatic N) is 1. The molecule has 0 aliphatic carbocycles. The zero-order valence-electron chi connectivity index (χ0n) is 12.7. The number of nitrogens with one attached hydrogen (secondary N) is 3. The topological polar surface area (TPSA) is 99.8 Å². The number of cyclic esters (lactones) is 1. The van der Waals surface area contributed by atoms with Gasteiger partial charge in [-0.3, -0.25) is 9.69 Å². The highest BCUT2D eigenvalue weighted by Crippen LogP contribution is 2.27. The number of hydrogen-bond acceptors (Lipinski definition) is 4. The predicted octanol–water partition coefficient (Wildman–Crippen LogP) is 0.825. The first-order chi connectivity index (χ1) is 11.0. The van der Waals surface area contributed by atoms with Crippen LogP contribution < -0.4 is 20.9 Å². The van der Waals surface area contributed by atoms with Crippen molar-refractivity contribution in [3.63, 3.8) is 0 Å². The summed E-state index contributed by atoms with van der Waals surface area (Å²) >= 11 is 0. The quantitative estimate of drug-likeness (QED) is 0.768. The number of anilines is 2. The maximum absolute atomic E-state index is 12.0. The molecule has 23 heavy (non-hydrogen) atoms. The van der Waals surface area contributed by atoms with Crippen LogP contribution in [0.4, 0.5) is 21.0 Å². The third-order valence-electron chi connectivity index (χ3n) is 3.78. The number of carbonyl (C=O) groups excluding carboxylic acids is 3. The first-order valence-electron chi connectivity index (χ1n) is 7.43. The fraction of sp³-hybridized carbons (Fsp3) is 0.400. The Labute approximate surface area is 133 Å². The lowest BCUT2D eigenvalue weighted by atomic mass is 10.1. The van der Waals surface area contributed by atoms with Crippen LogP contribution in [0.2, 0.25) is 0 Å². The van der Waals surface area contributed by atoms with Crippen LogP contribution >= 0.6 is 0 Å². The summed E-state index contributed by atoms with van der Waals surface area (Å²) in [5.74, 6) is -0.159. The molecule has 3 rings (SSSR count). The van der Waals surface area contributed by atoms with Gasteiger partial charge in [-0.15, -0.1) is 0 Å². The Morgan fingerprint density at radius 2 is 2.26 bits per heavy atom. The summed E-state index contributed by atoms with van der Waals surface area (Å²) in [7, 11) is 0. The van der Waals surface area contributed by atoms with Crippen molar-refractivity contribution in [2.45, 2.75) is 19.4 Å². The molecule has 0 spiro atoms. The van der Waals surface area contributed by atoms with Crippen LogP contribution in [0.1, 0.15) is 12.5 Å². The molecule has 1 saturated heterocycles. The van der Waals surface area contributed by atoms with Crippen LogP contribution in [0.25, 0.3) is 0 Å². The lowest BCUT2D eigenvalue weighted by Crippen LogP contribution is -2.33. The molecule has 0 radical (unpaired) electrons. The Bertz CT molecular complexity index is 661. The van der Waals surface area contributed by atoms with E-state index < -0.39 is 6.09 Å². The molecular formula is C15H18N4O4. The van der Waals surface area contributed by atoms with Gasteiger partial charge >= 0.3 is 12.1 Å². The van der Waals surface area contributed by atoms with Crippen LogP contribution in [-0.2, 0) is 16.0 Å². The number of rotatable bonds is 3. The number of hydrogen-bond donors (Lipinski definition) is 3. The van der Waals surface area contributed by atoms with Crippen LogP contribution in [0, 0.1) is 0 Å². The summed E-state index contributed by atoms with van der Waals surface area (Å²) in [5, 5.41) is 8.13. The second-order valence-electron chi connectivity index (χ2n) is 5.53. The van der Waals surface area contributed by atoms with Gasteiger partial charge < -0.3 is 20.7 Å². The zero-order valence-corrected chi connectivity index (χ0v) is 12.7. The molecule has 8 heteroatoms. The van der Waals surface area contributed by atoms with Gasteiger partial charge in [0.25, 0.3) is 0 Å². The lowest BCUT2D eigenvalue weighted by molar-refractivity contribution is -0.119. The fourth-order valence-electron chi connectivity index (χ4n) is 2.65. The molecule has 1 atom stereocenters. The van der Waals surface area contributed by atoms with E-state index in [1.807, 2.05) is 6.07 Å². The SMILES string of the molecule is CC(=O)NC[C@H]1CN(c2ccc3c(c2)CCNC(=O)N3)C(=O)O1. The summed E-state index contributed by atoms with van der Waals surface area (Å²) in [5.41, 5.74) is 2.42. The zero-order chi connectivity index (χ0) is 16.4. The minimum atomic E-state index is -0.434. The monoisotopic (exact) mass is 318 g/mol. The van der Waals surface area contributed by atoms with Gasteiger partial charge in [-0.05, 0) is 30.2 Å². The van der Waals surface area contributed by atoms with Crippen LogP contribution in [-0.4, -0.2) is 43.8 Å². The van der Waals surface area contributed by atoms with E-state index in [1.165, 1.54) is 11.8 Å². The van der Waals surface area contributed by atoms with Gasteiger partial charge in [0.05, 0.1) is 13.1 Å². The molecular weight excluding hydrogens is 300 g/mol. The van der Waals surface area contributed by atoms with E-state index in [0.29, 0.717) is 26.1 Å². The standard InChI is InChI=1S/C15H18N4O4/c1-9(20)17-7-12-8-19(15(22)23-12)11-2-3-13-10(6-11)4-5-16-14(21)18-13/h2-3,6,12H,4-5,7-8H2,1H3,(H,17,20)(H2,16,18,21)/t12-/m0/s1. The maximum atomic E-state index is 12.0. The smallest absolute Gasteiger partial charge is 0.414 e. The van der Waals surface area contributed by atoms with Crippen molar-refractivity contribution < 1.29 is 19.1 Å². The third kappa shape index (κ3) is 3.36. The van der Waals surface area contributed by atoms with Crippen molar-refractivity contribution in [2.24, 2.45) is 0 Å². The van der Waals surface area contributed by atoms with E-state index in [4.69, 9.17) is 4.74 Å². The molecule has 0 saturated carbocycles. The van der Waals surface area contributed by atoms with E-state index in [9.17, 15) is 14.4 Å². The molecule has 0 aromatic heterocycles. The lowest BCUT2D eigenvalue weighted by Gasteiger charge is -2.15. The number of benzene rings is 1. The molecule has 1 aromatic rings. The van der Waals surface area contributed by atoms with E-state index in [0.717, 1.165) is 16.9 Å². The Kier molecular flexibility index (Phi) is 4.05. The molecule has 3 N–H and O–H groups in total. The number of amides is 4. The molecule has 2 aliphatic heterocycles. The summed E-state index contributed by atoms with van der Waals surface area (Å²) in [6.45, 7) is 2.63. The first-order valence-corrected chi connectivity index (χ1v) is 7.43. The van der Waals surface area contributed by atoms with Gasteiger partial charge in [-0.1, -0.05) is 0 Å². The molecule has 0 bridgehead atoms. The Balaban J connectivity index is 1.74. The third-order valence-corrected chi connectivity index (χ3v) is 3.78. The maximum Gasteiger partial charge on any atom is 0.414 e. The highest BCUT2D eigenvalue weighted by Gasteiger charge is 2.32. The Hall–Kier alpha value is -2.77. The highest BCUT2D eigenvalue weighted by molar-refractivity contribution is 5.93.